The molecule has 0 bridgehead atoms. The lowest BCUT2D eigenvalue weighted by atomic mass is 10.1. The summed E-state index contributed by atoms with van der Waals surface area (Å²) in [5.74, 6) is 0.716. The van der Waals surface area contributed by atoms with Crippen molar-refractivity contribution in [3.63, 3.8) is 0 Å². The molecule has 160 valence electrons. The summed E-state index contributed by atoms with van der Waals surface area (Å²) >= 11 is 3.36. The zero-order chi connectivity index (χ0) is 21.5. The molecule has 0 saturated carbocycles. The zero-order valence-electron chi connectivity index (χ0n) is 17.4. The minimum Gasteiger partial charge on any atom is -0.483 e. The third kappa shape index (κ3) is 6.31. The van der Waals surface area contributed by atoms with E-state index >= 15 is 0 Å². The number of nitrogens with zero attached hydrogens (tertiary/aromatic N) is 2. The van der Waals surface area contributed by atoms with Crippen LogP contribution in [0.2, 0.25) is 0 Å². The van der Waals surface area contributed by atoms with E-state index < -0.39 is 0 Å². The molecular weight excluding hydrogens is 446 g/mol. The van der Waals surface area contributed by atoms with E-state index in [1.165, 1.54) is 0 Å². The van der Waals surface area contributed by atoms with Crippen molar-refractivity contribution >= 4 is 33.4 Å². The molecule has 0 spiro atoms. The van der Waals surface area contributed by atoms with Gasteiger partial charge in [0.05, 0.1) is 5.56 Å². The van der Waals surface area contributed by atoms with Crippen LogP contribution in [-0.4, -0.2) is 60.9 Å². The van der Waals surface area contributed by atoms with E-state index in [9.17, 15) is 9.59 Å². The van der Waals surface area contributed by atoms with Gasteiger partial charge in [-0.2, -0.15) is 0 Å². The maximum atomic E-state index is 13.0. The monoisotopic (exact) mass is 473 g/mol. The first-order chi connectivity index (χ1) is 14.4. The van der Waals surface area contributed by atoms with Crippen LogP contribution in [0.3, 0.4) is 0 Å². The van der Waals surface area contributed by atoms with Crippen LogP contribution >= 0.6 is 15.9 Å². The van der Waals surface area contributed by atoms with Crippen LogP contribution in [-0.2, 0) is 4.79 Å². The second-order valence-corrected chi connectivity index (χ2v) is 8.74. The third-order valence-electron chi connectivity index (χ3n) is 4.89. The van der Waals surface area contributed by atoms with E-state index in [-0.39, 0.29) is 18.4 Å². The molecule has 1 saturated heterocycles. The Hall–Kier alpha value is -2.38. The number of hydrogen-bond acceptors (Lipinski definition) is 4. The number of carbonyl (C=O) groups excluding carboxylic acids is 2. The quantitative estimate of drug-likeness (QED) is 0.662. The second-order valence-electron chi connectivity index (χ2n) is 7.83. The summed E-state index contributed by atoms with van der Waals surface area (Å²) in [5.41, 5.74) is 1.18. The minimum atomic E-state index is -0.276. The molecule has 1 aliphatic rings. The molecule has 0 unspecified atom stereocenters. The minimum absolute atomic E-state index is 0.0527. The first-order valence-corrected chi connectivity index (χ1v) is 11.0. The summed E-state index contributed by atoms with van der Waals surface area (Å²) in [4.78, 5) is 29.5. The van der Waals surface area contributed by atoms with E-state index in [4.69, 9.17) is 4.74 Å². The molecule has 0 radical (unpaired) electrons. The van der Waals surface area contributed by atoms with Gasteiger partial charge in [-0.15, -0.1) is 0 Å². The zero-order valence-corrected chi connectivity index (χ0v) is 19.0. The number of hydrogen-bond donors (Lipinski definition) is 1. The topological polar surface area (TPSA) is 61.9 Å². The molecule has 1 aliphatic heterocycles. The van der Waals surface area contributed by atoms with E-state index in [1.54, 1.807) is 30.3 Å². The lowest BCUT2D eigenvalue weighted by molar-refractivity contribution is -0.118. The van der Waals surface area contributed by atoms with E-state index in [0.717, 1.165) is 24.1 Å². The Kier molecular flexibility index (Phi) is 7.87. The van der Waals surface area contributed by atoms with E-state index in [2.05, 4.69) is 40.0 Å². The van der Waals surface area contributed by atoms with Crippen molar-refractivity contribution in [2.75, 3.05) is 44.6 Å². The lowest BCUT2D eigenvalue weighted by Crippen LogP contribution is -2.49. The van der Waals surface area contributed by atoms with Crippen molar-refractivity contribution in [3.8, 4) is 5.75 Å². The van der Waals surface area contributed by atoms with Crippen molar-refractivity contribution in [2.45, 2.75) is 13.8 Å². The van der Waals surface area contributed by atoms with Gasteiger partial charge in [0, 0.05) is 42.9 Å². The summed E-state index contributed by atoms with van der Waals surface area (Å²) < 4.78 is 6.64. The second kappa shape index (κ2) is 10.6. The highest BCUT2D eigenvalue weighted by molar-refractivity contribution is 9.10. The Labute approximate surface area is 186 Å². The Morgan fingerprint density at radius 2 is 1.70 bits per heavy atom. The van der Waals surface area contributed by atoms with E-state index in [1.807, 2.05) is 23.1 Å². The molecule has 2 aromatic rings. The van der Waals surface area contributed by atoms with Crippen molar-refractivity contribution in [2.24, 2.45) is 5.92 Å². The Balaban J connectivity index is 1.57. The molecule has 3 rings (SSSR count). The number of carbonyl (C=O) groups is 2. The number of benzene rings is 2. The molecule has 0 aliphatic carbocycles. The van der Waals surface area contributed by atoms with Crippen LogP contribution in [0.15, 0.2) is 53.0 Å². The maximum Gasteiger partial charge on any atom is 0.262 e. The molecule has 6 nitrogen and oxygen atoms in total. The van der Waals surface area contributed by atoms with Crippen LogP contribution in [0.5, 0.6) is 5.75 Å². The predicted molar refractivity (Wildman–Crippen MR) is 122 cm³/mol. The van der Waals surface area contributed by atoms with Crippen LogP contribution in [0.1, 0.15) is 24.2 Å². The molecule has 1 N–H and O–H groups in total. The number of halogens is 1. The van der Waals surface area contributed by atoms with Gasteiger partial charge in [-0.05, 0) is 42.3 Å². The van der Waals surface area contributed by atoms with Crippen LogP contribution in [0.25, 0.3) is 0 Å². The predicted octanol–water partition coefficient (Wildman–Crippen LogP) is 3.88. The van der Waals surface area contributed by atoms with E-state index in [0.29, 0.717) is 36.0 Å². The standard InChI is InChI=1S/C23H28BrN3O3/c1-17(2)15-26-11-13-27(14-12-26)23(29)20-5-3-4-6-21(20)30-16-22(28)25-19-9-7-18(24)8-10-19/h3-10,17H,11-16H2,1-2H3,(H,25,28). The number of anilines is 1. The summed E-state index contributed by atoms with van der Waals surface area (Å²) in [7, 11) is 0. The highest BCUT2D eigenvalue weighted by atomic mass is 79.9. The van der Waals surface area contributed by atoms with Crippen molar-refractivity contribution in [1.82, 2.24) is 9.80 Å². The van der Waals surface area contributed by atoms with Gasteiger partial charge in [-0.1, -0.05) is 41.9 Å². The normalized spacial score (nSPS) is 14.6. The van der Waals surface area contributed by atoms with Crippen molar-refractivity contribution in [1.29, 1.82) is 0 Å². The number of rotatable bonds is 7. The van der Waals surface area contributed by atoms with Gasteiger partial charge in [-0.3, -0.25) is 14.5 Å². The smallest absolute Gasteiger partial charge is 0.262 e. The van der Waals surface area contributed by atoms with Crippen LogP contribution in [0.4, 0.5) is 5.69 Å². The average molecular weight is 474 g/mol. The summed E-state index contributed by atoms with van der Waals surface area (Å²) in [6, 6.07) is 14.4. The summed E-state index contributed by atoms with van der Waals surface area (Å²) in [6.07, 6.45) is 0. The Morgan fingerprint density at radius 1 is 1.03 bits per heavy atom. The lowest BCUT2D eigenvalue weighted by Gasteiger charge is -2.35. The first kappa shape index (κ1) is 22.3. The van der Waals surface area contributed by atoms with Crippen molar-refractivity contribution < 1.29 is 14.3 Å². The average Bonchev–Trinajstić information content (AvgIpc) is 2.74. The van der Waals surface area contributed by atoms with Gasteiger partial charge in [0.25, 0.3) is 11.8 Å². The summed E-state index contributed by atoms with van der Waals surface area (Å²) in [5, 5.41) is 2.79. The number of ether oxygens (including phenoxy) is 1. The highest BCUT2D eigenvalue weighted by Crippen LogP contribution is 2.21. The molecule has 2 amide bonds. The first-order valence-electron chi connectivity index (χ1n) is 10.2. The molecule has 7 heteroatoms. The number of nitrogens with one attached hydrogen (secondary N) is 1. The van der Waals surface area contributed by atoms with Gasteiger partial charge in [0.2, 0.25) is 0 Å². The van der Waals surface area contributed by atoms with Crippen molar-refractivity contribution in [3.05, 3.63) is 58.6 Å². The van der Waals surface area contributed by atoms with Crippen LogP contribution in [0, 0.1) is 5.92 Å². The fraction of sp³-hybridized carbons (Fsp3) is 0.391. The molecule has 0 atom stereocenters. The molecular formula is C23H28BrN3O3. The van der Waals surface area contributed by atoms with Crippen LogP contribution < -0.4 is 10.1 Å². The SMILES string of the molecule is CC(C)CN1CCN(C(=O)c2ccccc2OCC(=O)Nc2ccc(Br)cc2)CC1. The molecule has 1 fully saturated rings. The van der Waals surface area contributed by atoms with Gasteiger partial charge < -0.3 is 15.0 Å². The maximum absolute atomic E-state index is 13.0. The van der Waals surface area contributed by atoms with Gasteiger partial charge >= 0.3 is 0 Å². The van der Waals surface area contributed by atoms with Gasteiger partial charge in [0.15, 0.2) is 6.61 Å². The Bertz CT molecular complexity index is 862. The molecule has 2 aromatic carbocycles. The fourth-order valence-corrected chi connectivity index (χ4v) is 3.73. The number of piperazine rings is 1. The summed E-state index contributed by atoms with van der Waals surface area (Å²) in [6.45, 7) is 8.45. The third-order valence-corrected chi connectivity index (χ3v) is 5.42. The molecule has 30 heavy (non-hydrogen) atoms. The largest absolute Gasteiger partial charge is 0.483 e. The molecule has 0 aromatic heterocycles. The Morgan fingerprint density at radius 3 is 2.37 bits per heavy atom. The highest BCUT2D eigenvalue weighted by Gasteiger charge is 2.24. The number of para-hydroxylation sites is 1. The van der Waals surface area contributed by atoms with Gasteiger partial charge in [-0.25, -0.2) is 0 Å². The molecule has 1 heterocycles. The number of amides is 2. The fourth-order valence-electron chi connectivity index (χ4n) is 3.46. The van der Waals surface area contributed by atoms with Gasteiger partial charge in [0.1, 0.15) is 5.75 Å².